The minimum atomic E-state index is -0.631. The SMILES string of the molecule is CN(C)CCCN(Cc1ccc(C(=O)Nc2cscc2NC(=O)OC(C)(C)C)nc1)C(=O)NC1CCCC1. The minimum absolute atomic E-state index is 0.0556. The lowest BCUT2D eigenvalue weighted by Crippen LogP contribution is -2.44. The van der Waals surface area contributed by atoms with E-state index < -0.39 is 17.6 Å². The van der Waals surface area contributed by atoms with Gasteiger partial charge in [-0.05, 0) is 72.3 Å². The Labute approximate surface area is 229 Å². The number of carbonyl (C=O) groups is 3. The third-order valence-corrected chi connectivity index (χ3v) is 6.72. The Bertz CT molecular complexity index is 1070. The van der Waals surface area contributed by atoms with E-state index in [4.69, 9.17) is 4.74 Å². The number of hydrogen-bond acceptors (Lipinski definition) is 7. The van der Waals surface area contributed by atoms with Gasteiger partial charge in [-0.1, -0.05) is 18.9 Å². The van der Waals surface area contributed by atoms with Gasteiger partial charge in [0.05, 0.1) is 11.4 Å². The van der Waals surface area contributed by atoms with E-state index in [2.05, 4.69) is 25.8 Å². The van der Waals surface area contributed by atoms with Crippen LogP contribution in [0.5, 0.6) is 0 Å². The molecule has 10 nitrogen and oxygen atoms in total. The van der Waals surface area contributed by atoms with Crippen LogP contribution < -0.4 is 16.0 Å². The fraction of sp³-hybridized carbons (Fsp3) is 0.556. The molecule has 0 unspecified atom stereocenters. The molecule has 1 aliphatic rings. The highest BCUT2D eigenvalue weighted by atomic mass is 32.1. The van der Waals surface area contributed by atoms with Gasteiger partial charge >= 0.3 is 12.1 Å². The zero-order valence-electron chi connectivity index (χ0n) is 23.0. The van der Waals surface area contributed by atoms with Crippen LogP contribution in [-0.4, -0.2) is 71.6 Å². The zero-order valence-corrected chi connectivity index (χ0v) is 23.8. The molecule has 0 aromatic carbocycles. The maximum absolute atomic E-state index is 13.0. The molecule has 2 aromatic heterocycles. The number of rotatable bonds is 10. The van der Waals surface area contributed by atoms with E-state index in [-0.39, 0.29) is 17.8 Å². The summed E-state index contributed by atoms with van der Waals surface area (Å²) in [5.74, 6) is -0.399. The van der Waals surface area contributed by atoms with Gasteiger partial charge in [-0.25, -0.2) is 9.59 Å². The average Bonchev–Trinajstić information content (AvgIpc) is 3.49. The van der Waals surface area contributed by atoms with Crippen molar-refractivity contribution < 1.29 is 19.1 Å². The summed E-state index contributed by atoms with van der Waals surface area (Å²) in [6.45, 7) is 7.27. The van der Waals surface area contributed by atoms with Gasteiger partial charge in [0.15, 0.2) is 0 Å². The number of nitrogens with zero attached hydrogens (tertiary/aromatic N) is 3. The monoisotopic (exact) mass is 544 g/mol. The van der Waals surface area contributed by atoms with E-state index in [0.29, 0.717) is 24.5 Å². The summed E-state index contributed by atoms with van der Waals surface area (Å²) in [5.41, 5.74) is 1.37. The van der Waals surface area contributed by atoms with Gasteiger partial charge in [0, 0.05) is 36.1 Å². The minimum Gasteiger partial charge on any atom is -0.444 e. The lowest BCUT2D eigenvalue weighted by Gasteiger charge is -2.26. The molecule has 3 rings (SSSR count). The first-order valence-electron chi connectivity index (χ1n) is 13.0. The molecule has 3 N–H and O–H groups in total. The molecular formula is C27H40N6O4S. The van der Waals surface area contributed by atoms with Gasteiger partial charge in [-0.2, -0.15) is 0 Å². The quantitative estimate of drug-likeness (QED) is 0.381. The number of thiophene rings is 1. The van der Waals surface area contributed by atoms with Crippen LogP contribution in [0.2, 0.25) is 0 Å². The highest BCUT2D eigenvalue weighted by molar-refractivity contribution is 7.09. The molecule has 1 aliphatic carbocycles. The maximum Gasteiger partial charge on any atom is 0.412 e. The number of urea groups is 1. The van der Waals surface area contributed by atoms with E-state index in [1.165, 1.54) is 11.3 Å². The molecular weight excluding hydrogens is 504 g/mol. The van der Waals surface area contributed by atoms with Crippen LogP contribution in [0, 0.1) is 0 Å². The van der Waals surface area contributed by atoms with Crippen molar-refractivity contribution in [3.63, 3.8) is 0 Å². The number of aromatic nitrogens is 1. The van der Waals surface area contributed by atoms with Crippen molar-refractivity contribution in [2.75, 3.05) is 37.8 Å². The molecule has 0 radical (unpaired) electrons. The summed E-state index contributed by atoms with van der Waals surface area (Å²) in [6, 6.07) is 3.65. The van der Waals surface area contributed by atoms with Crippen LogP contribution >= 0.6 is 11.3 Å². The molecule has 1 fully saturated rings. The van der Waals surface area contributed by atoms with Gasteiger partial charge in [0.25, 0.3) is 5.91 Å². The second-order valence-electron chi connectivity index (χ2n) is 10.8. The van der Waals surface area contributed by atoms with Gasteiger partial charge in [-0.3, -0.25) is 15.1 Å². The van der Waals surface area contributed by atoms with Gasteiger partial charge in [0.2, 0.25) is 0 Å². The lowest BCUT2D eigenvalue weighted by molar-refractivity contribution is 0.0635. The Hall–Kier alpha value is -3.18. The second kappa shape index (κ2) is 13.6. The van der Waals surface area contributed by atoms with Crippen molar-refractivity contribution in [1.29, 1.82) is 0 Å². The van der Waals surface area contributed by atoms with Crippen LogP contribution in [-0.2, 0) is 11.3 Å². The number of ether oxygens (including phenoxy) is 1. The molecule has 0 atom stereocenters. The molecule has 4 amide bonds. The number of nitrogens with one attached hydrogen (secondary N) is 3. The maximum atomic E-state index is 13.0. The summed E-state index contributed by atoms with van der Waals surface area (Å²) in [4.78, 5) is 46.2. The van der Waals surface area contributed by atoms with Crippen LogP contribution in [0.1, 0.15) is 68.9 Å². The third-order valence-electron chi connectivity index (χ3n) is 5.98. The second-order valence-corrected chi connectivity index (χ2v) is 11.6. The normalized spacial score (nSPS) is 13.8. The lowest BCUT2D eigenvalue weighted by atomic mass is 10.2. The van der Waals surface area contributed by atoms with E-state index in [0.717, 1.165) is 44.2 Å². The van der Waals surface area contributed by atoms with Crippen molar-refractivity contribution in [2.45, 2.75) is 71.1 Å². The molecule has 0 saturated heterocycles. The summed E-state index contributed by atoms with van der Waals surface area (Å²) in [5, 5.41) is 12.1. The van der Waals surface area contributed by atoms with Gasteiger partial charge in [-0.15, -0.1) is 11.3 Å². The third kappa shape index (κ3) is 9.60. The van der Waals surface area contributed by atoms with Crippen LogP contribution in [0.3, 0.4) is 0 Å². The number of anilines is 2. The molecule has 0 aliphatic heterocycles. The van der Waals surface area contributed by atoms with E-state index in [9.17, 15) is 14.4 Å². The molecule has 11 heteroatoms. The zero-order chi connectivity index (χ0) is 27.7. The molecule has 208 valence electrons. The Morgan fingerprint density at radius 1 is 1.05 bits per heavy atom. The topological polar surface area (TPSA) is 116 Å². The van der Waals surface area contributed by atoms with E-state index in [1.54, 1.807) is 43.8 Å². The molecule has 2 aromatic rings. The van der Waals surface area contributed by atoms with Crippen molar-refractivity contribution in [3.8, 4) is 0 Å². The summed E-state index contributed by atoms with van der Waals surface area (Å²) >= 11 is 1.34. The fourth-order valence-corrected chi connectivity index (χ4v) is 4.84. The Balaban J connectivity index is 1.60. The van der Waals surface area contributed by atoms with Crippen molar-refractivity contribution in [1.82, 2.24) is 20.1 Å². The molecule has 0 spiro atoms. The molecule has 2 heterocycles. The fourth-order valence-electron chi connectivity index (χ4n) is 4.13. The van der Waals surface area contributed by atoms with Crippen LogP contribution in [0.25, 0.3) is 0 Å². The smallest absolute Gasteiger partial charge is 0.412 e. The van der Waals surface area contributed by atoms with Crippen LogP contribution in [0.15, 0.2) is 29.1 Å². The first-order valence-corrected chi connectivity index (χ1v) is 14.0. The molecule has 38 heavy (non-hydrogen) atoms. The van der Waals surface area contributed by atoms with Gasteiger partial charge < -0.3 is 25.2 Å². The highest BCUT2D eigenvalue weighted by Gasteiger charge is 2.22. The number of carbonyl (C=O) groups excluding carboxylic acids is 3. The molecule has 1 saturated carbocycles. The van der Waals surface area contributed by atoms with E-state index in [1.807, 2.05) is 25.1 Å². The van der Waals surface area contributed by atoms with Crippen molar-refractivity contribution >= 4 is 40.7 Å². The average molecular weight is 545 g/mol. The summed E-state index contributed by atoms with van der Waals surface area (Å²) in [6.07, 6.45) is 6.26. The Kier molecular flexibility index (Phi) is 10.5. The van der Waals surface area contributed by atoms with E-state index >= 15 is 0 Å². The highest BCUT2D eigenvalue weighted by Crippen LogP contribution is 2.27. The number of pyridine rings is 1. The summed E-state index contributed by atoms with van der Waals surface area (Å²) in [7, 11) is 4.03. The largest absolute Gasteiger partial charge is 0.444 e. The van der Waals surface area contributed by atoms with Gasteiger partial charge in [0.1, 0.15) is 11.3 Å². The predicted octanol–water partition coefficient (Wildman–Crippen LogP) is 5.15. The first-order chi connectivity index (χ1) is 18.0. The predicted molar refractivity (Wildman–Crippen MR) is 151 cm³/mol. The Morgan fingerprint density at radius 3 is 2.34 bits per heavy atom. The summed E-state index contributed by atoms with van der Waals surface area (Å²) < 4.78 is 5.28. The standard InChI is InChI=1S/C27H40N6O4S/c1-27(2,3)37-26(36)31-23-18-38-17-22(23)30-24(34)21-12-11-19(15-28-21)16-33(14-8-13-32(4)5)25(35)29-20-9-6-7-10-20/h11-12,15,17-18,20H,6-10,13-14,16H2,1-5H3,(H,29,35)(H,30,34)(H,31,36). The van der Waals surface area contributed by atoms with Crippen LogP contribution in [0.4, 0.5) is 21.0 Å². The van der Waals surface area contributed by atoms with Crippen molar-refractivity contribution in [3.05, 3.63) is 40.3 Å². The molecule has 0 bridgehead atoms. The number of amides is 4. The first kappa shape index (κ1) is 29.4. The van der Waals surface area contributed by atoms with Crippen molar-refractivity contribution in [2.24, 2.45) is 0 Å². The Morgan fingerprint density at radius 2 is 1.74 bits per heavy atom. The number of hydrogen-bond donors (Lipinski definition) is 3.